The van der Waals surface area contributed by atoms with Gasteiger partial charge in [-0.05, 0) is 14.1 Å². The number of ether oxygens (including phenoxy) is 1. The molecule has 0 aromatic carbocycles. The van der Waals surface area contributed by atoms with Crippen molar-refractivity contribution >= 4 is 18.4 Å². The van der Waals surface area contributed by atoms with Crippen LogP contribution in [0.25, 0.3) is 0 Å². The molecule has 56 valence electrons. The van der Waals surface area contributed by atoms with E-state index in [1.807, 2.05) is 14.1 Å². The molecule has 0 N–H and O–H groups in total. The highest BCUT2D eigenvalue weighted by atomic mass is 35.5. The van der Waals surface area contributed by atoms with Crippen LogP contribution in [-0.4, -0.2) is 38.6 Å². The van der Waals surface area contributed by atoms with Gasteiger partial charge in [0.15, 0.2) is 0 Å². The fourth-order valence-electron chi connectivity index (χ4n) is 0.323. The number of hydrogen-bond acceptors (Lipinski definition) is 3. The summed E-state index contributed by atoms with van der Waals surface area (Å²) in [6.45, 7) is 0.358. The summed E-state index contributed by atoms with van der Waals surface area (Å²) >= 11 is 0. The maximum atomic E-state index is 10.4. The van der Waals surface area contributed by atoms with Gasteiger partial charge in [0.2, 0.25) is 0 Å². The Balaban J connectivity index is 0. The summed E-state index contributed by atoms with van der Waals surface area (Å²) in [5.74, 6) is -0.199. The minimum absolute atomic E-state index is 0. The van der Waals surface area contributed by atoms with Crippen LogP contribution in [0.15, 0.2) is 0 Å². The highest BCUT2D eigenvalue weighted by molar-refractivity contribution is 5.85. The third kappa shape index (κ3) is 7.72. The van der Waals surface area contributed by atoms with Gasteiger partial charge in [-0.3, -0.25) is 9.69 Å². The molecule has 9 heavy (non-hydrogen) atoms. The minimum atomic E-state index is -0.199. The van der Waals surface area contributed by atoms with Crippen molar-refractivity contribution in [2.75, 3.05) is 27.7 Å². The molecule has 0 aliphatic heterocycles. The standard InChI is InChI=1S/C5H11NO2.ClH/c1-6(2)4-5(7)8-3;/h4H2,1-3H3;1H. The first-order valence-electron chi connectivity index (χ1n) is 2.38. The maximum absolute atomic E-state index is 10.4. The largest absolute Gasteiger partial charge is 0.468 e. The lowest BCUT2D eigenvalue weighted by Crippen LogP contribution is -2.22. The summed E-state index contributed by atoms with van der Waals surface area (Å²) in [6.07, 6.45) is 0. The van der Waals surface area contributed by atoms with Crippen molar-refractivity contribution in [2.45, 2.75) is 0 Å². The number of halogens is 1. The fraction of sp³-hybridized carbons (Fsp3) is 0.800. The number of carbonyl (C=O) groups excluding carboxylic acids is 1. The van der Waals surface area contributed by atoms with E-state index in [0.717, 1.165) is 0 Å². The highest BCUT2D eigenvalue weighted by Crippen LogP contribution is 1.75. The van der Waals surface area contributed by atoms with Crippen LogP contribution in [0.4, 0.5) is 0 Å². The van der Waals surface area contributed by atoms with Crippen LogP contribution in [0.3, 0.4) is 0 Å². The smallest absolute Gasteiger partial charge is 0.319 e. The van der Waals surface area contributed by atoms with Crippen LogP contribution >= 0.6 is 12.4 Å². The molecular weight excluding hydrogens is 142 g/mol. The molecule has 0 amide bonds. The first kappa shape index (κ1) is 11.5. The van der Waals surface area contributed by atoms with Crippen molar-refractivity contribution in [1.82, 2.24) is 4.90 Å². The average Bonchev–Trinajstić information content (AvgIpc) is 1.65. The number of esters is 1. The topological polar surface area (TPSA) is 29.5 Å². The summed E-state index contributed by atoms with van der Waals surface area (Å²) in [5.41, 5.74) is 0. The third-order valence-corrected chi connectivity index (χ3v) is 0.673. The molecule has 0 bridgehead atoms. The van der Waals surface area contributed by atoms with Gasteiger partial charge in [-0.15, -0.1) is 12.4 Å². The predicted octanol–water partition coefficient (Wildman–Crippen LogP) is 0.143. The van der Waals surface area contributed by atoms with E-state index in [4.69, 9.17) is 0 Å². The van der Waals surface area contributed by atoms with Crippen molar-refractivity contribution in [2.24, 2.45) is 0 Å². The molecule has 0 aliphatic carbocycles. The molecule has 0 aliphatic rings. The second-order valence-electron chi connectivity index (χ2n) is 1.81. The lowest BCUT2D eigenvalue weighted by molar-refractivity contribution is -0.141. The second kappa shape index (κ2) is 5.85. The Bertz CT molecular complexity index is 85.0. The first-order chi connectivity index (χ1) is 3.66. The molecule has 0 rings (SSSR count). The van der Waals surface area contributed by atoms with Crippen molar-refractivity contribution in [3.8, 4) is 0 Å². The summed E-state index contributed by atoms with van der Waals surface area (Å²) in [7, 11) is 5.01. The Morgan fingerprint density at radius 3 is 2.11 bits per heavy atom. The van der Waals surface area contributed by atoms with Gasteiger partial charge in [0.25, 0.3) is 0 Å². The van der Waals surface area contributed by atoms with Gasteiger partial charge in [0.1, 0.15) is 0 Å². The zero-order valence-corrected chi connectivity index (χ0v) is 6.70. The minimum Gasteiger partial charge on any atom is -0.468 e. The van der Waals surface area contributed by atoms with Crippen LogP contribution in [-0.2, 0) is 9.53 Å². The summed E-state index contributed by atoms with van der Waals surface area (Å²) < 4.78 is 4.38. The van der Waals surface area contributed by atoms with Gasteiger partial charge in [0, 0.05) is 0 Å². The quantitative estimate of drug-likeness (QED) is 0.529. The molecule has 0 radical (unpaired) electrons. The van der Waals surface area contributed by atoms with Crippen LogP contribution in [0, 0.1) is 0 Å². The van der Waals surface area contributed by atoms with Gasteiger partial charge in [0.05, 0.1) is 13.7 Å². The molecule has 4 heteroatoms. The fourth-order valence-corrected chi connectivity index (χ4v) is 0.323. The summed E-state index contributed by atoms with van der Waals surface area (Å²) in [5, 5.41) is 0. The molecule has 3 nitrogen and oxygen atoms in total. The number of methoxy groups -OCH3 is 1. The normalized spacial score (nSPS) is 8.44. The molecule has 0 aromatic rings. The first-order valence-corrected chi connectivity index (χ1v) is 2.38. The van der Waals surface area contributed by atoms with Gasteiger partial charge in [-0.25, -0.2) is 0 Å². The summed E-state index contributed by atoms with van der Waals surface area (Å²) in [4.78, 5) is 12.1. The van der Waals surface area contributed by atoms with Gasteiger partial charge in [-0.2, -0.15) is 0 Å². The van der Waals surface area contributed by atoms with E-state index in [9.17, 15) is 4.79 Å². The van der Waals surface area contributed by atoms with Crippen molar-refractivity contribution in [3.05, 3.63) is 0 Å². The predicted molar refractivity (Wildman–Crippen MR) is 37.8 cm³/mol. The van der Waals surface area contributed by atoms with Crippen LogP contribution in [0.5, 0.6) is 0 Å². The zero-order chi connectivity index (χ0) is 6.57. The Kier molecular flexibility index (Phi) is 7.48. The molecule has 0 atom stereocenters. The van der Waals surface area contributed by atoms with Crippen LogP contribution in [0.1, 0.15) is 0 Å². The second-order valence-corrected chi connectivity index (χ2v) is 1.81. The molecule has 0 saturated carbocycles. The molecule has 0 fully saturated rings. The molecule has 0 aromatic heterocycles. The Labute approximate surface area is 61.4 Å². The number of carbonyl (C=O) groups is 1. The highest BCUT2D eigenvalue weighted by Gasteiger charge is 1.98. The van der Waals surface area contributed by atoms with Crippen molar-refractivity contribution < 1.29 is 9.53 Å². The van der Waals surface area contributed by atoms with Crippen molar-refractivity contribution in [3.63, 3.8) is 0 Å². The van der Waals surface area contributed by atoms with E-state index >= 15 is 0 Å². The maximum Gasteiger partial charge on any atom is 0.319 e. The molecule has 0 spiro atoms. The van der Waals surface area contributed by atoms with Crippen LogP contribution < -0.4 is 0 Å². The lowest BCUT2D eigenvalue weighted by atomic mass is 10.6. The van der Waals surface area contributed by atoms with Crippen molar-refractivity contribution in [1.29, 1.82) is 0 Å². The Morgan fingerprint density at radius 2 is 2.00 bits per heavy atom. The van der Waals surface area contributed by atoms with E-state index < -0.39 is 0 Å². The molecule has 0 unspecified atom stereocenters. The SMILES string of the molecule is COC(=O)CN(C)C.Cl. The number of rotatable bonds is 2. The van der Waals surface area contributed by atoms with Gasteiger partial charge in [-0.1, -0.05) is 0 Å². The van der Waals surface area contributed by atoms with E-state index in [1.54, 1.807) is 4.90 Å². The van der Waals surface area contributed by atoms with Crippen LogP contribution in [0.2, 0.25) is 0 Å². The van der Waals surface area contributed by atoms with E-state index in [-0.39, 0.29) is 18.4 Å². The Morgan fingerprint density at radius 1 is 1.56 bits per heavy atom. The van der Waals surface area contributed by atoms with Gasteiger partial charge >= 0.3 is 5.97 Å². The Hall–Kier alpha value is -0.280. The number of nitrogens with zero attached hydrogens (tertiary/aromatic N) is 1. The lowest BCUT2D eigenvalue weighted by Gasteiger charge is -2.05. The number of hydrogen-bond donors (Lipinski definition) is 0. The summed E-state index contributed by atoms with van der Waals surface area (Å²) in [6, 6.07) is 0. The van der Waals surface area contributed by atoms with E-state index in [0.29, 0.717) is 6.54 Å². The third-order valence-electron chi connectivity index (χ3n) is 0.673. The zero-order valence-electron chi connectivity index (χ0n) is 5.88. The van der Waals surface area contributed by atoms with Gasteiger partial charge < -0.3 is 4.74 Å². The van der Waals surface area contributed by atoms with E-state index in [1.165, 1.54) is 7.11 Å². The average molecular weight is 154 g/mol. The molecule has 0 heterocycles. The molecular formula is C5H12ClNO2. The molecule has 0 saturated heterocycles. The van der Waals surface area contributed by atoms with E-state index in [2.05, 4.69) is 4.74 Å². The number of likely N-dealkylation sites (N-methyl/N-ethyl adjacent to an activating group) is 1. The monoisotopic (exact) mass is 153 g/mol.